The molecule has 2 aromatic rings. The van der Waals surface area contributed by atoms with Crippen LogP contribution in [-0.4, -0.2) is 30.5 Å². The van der Waals surface area contributed by atoms with Crippen molar-refractivity contribution in [3.63, 3.8) is 0 Å². The number of nitrogens with one attached hydrogen (secondary N) is 1. The Labute approximate surface area is 100 Å². The molecule has 0 spiro atoms. The van der Waals surface area contributed by atoms with Crippen molar-refractivity contribution < 1.29 is 4.39 Å². The van der Waals surface area contributed by atoms with Crippen molar-refractivity contribution in [1.29, 1.82) is 0 Å². The lowest BCUT2D eigenvalue weighted by Crippen LogP contribution is -2.27. The van der Waals surface area contributed by atoms with Crippen LogP contribution in [0.5, 0.6) is 0 Å². The van der Waals surface area contributed by atoms with E-state index in [1.807, 2.05) is 27.1 Å². The summed E-state index contributed by atoms with van der Waals surface area (Å²) in [5, 5.41) is 0.923. The van der Waals surface area contributed by atoms with Crippen LogP contribution in [0.15, 0.2) is 18.2 Å². The summed E-state index contributed by atoms with van der Waals surface area (Å²) in [4.78, 5) is 5.16. The number of benzene rings is 1. The highest BCUT2D eigenvalue weighted by Crippen LogP contribution is 2.30. The predicted molar refractivity (Wildman–Crippen MR) is 68.5 cm³/mol. The van der Waals surface area contributed by atoms with Gasteiger partial charge in [0.1, 0.15) is 5.82 Å². The van der Waals surface area contributed by atoms with Crippen LogP contribution in [0, 0.1) is 12.7 Å². The first kappa shape index (κ1) is 12.1. The number of nitrogens with zero attached hydrogens (tertiary/aromatic N) is 1. The molecule has 0 aliphatic rings. The molecule has 2 rings (SSSR count). The molecule has 17 heavy (non-hydrogen) atoms. The standard InChI is InChI=1S/C13H18FN3/c1-8-12(11(7-15)17(2)3)9-5-4-6-10(14)13(9)16-8/h4-6,11,16H,7,15H2,1-3H3. The molecule has 0 saturated carbocycles. The highest BCUT2D eigenvalue weighted by atomic mass is 19.1. The van der Waals surface area contributed by atoms with E-state index in [2.05, 4.69) is 9.88 Å². The molecule has 0 aliphatic carbocycles. The van der Waals surface area contributed by atoms with Gasteiger partial charge in [-0.3, -0.25) is 0 Å². The van der Waals surface area contributed by atoms with Crippen LogP contribution >= 0.6 is 0 Å². The van der Waals surface area contributed by atoms with Gasteiger partial charge in [-0.25, -0.2) is 4.39 Å². The van der Waals surface area contributed by atoms with E-state index in [1.165, 1.54) is 6.07 Å². The van der Waals surface area contributed by atoms with Gasteiger partial charge < -0.3 is 15.6 Å². The molecule has 3 nitrogen and oxygen atoms in total. The fourth-order valence-corrected chi connectivity index (χ4v) is 2.35. The molecule has 0 amide bonds. The third-order valence-electron chi connectivity index (χ3n) is 3.20. The second kappa shape index (κ2) is 4.47. The summed E-state index contributed by atoms with van der Waals surface area (Å²) in [7, 11) is 3.96. The van der Waals surface area contributed by atoms with Crippen LogP contribution in [0.4, 0.5) is 4.39 Å². The van der Waals surface area contributed by atoms with E-state index in [1.54, 1.807) is 6.07 Å². The first-order valence-electron chi connectivity index (χ1n) is 5.69. The molecule has 1 heterocycles. The number of hydrogen-bond donors (Lipinski definition) is 2. The third kappa shape index (κ3) is 1.94. The van der Waals surface area contributed by atoms with E-state index in [-0.39, 0.29) is 11.9 Å². The minimum absolute atomic E-state index is 0.102. The molecular weight excluding hydrogens is 217 g/mol. The number of para-hydroxylation sites is 1. The quantitative estimate of drug-likeness (QED) is 0.856. The number of hydrogen-bond acceptors (Lipinski definition) is 2. The van der Waals surface area contributed by atoms with Crippen LogP contribution in [0.3, 0.4) is 0 Å². The van der Waals surface area contributed by atoms with Crippen molar-refractivity contribution in [2.24, 2.45) is 5.73 Å². The van der Waals surface area contributed by atoms with Crippen LogP contribution in [0.25, 0.3) is 10.9 Å². The van der Waals surface area contributed by atoms with Crippen molar-refractivity contribution in [1.82, 2.24) is 9.88 Å². The topological polar surface area (TPSA) is 45.1 Å². The van der Waals surface area contributed by atoms with E-state index >= 15 is 0 Å². The number of fused-ring (bicyclic) bond motifs is 1. The highest BCUT2D eigenvalue weighted by Gasteiger charge is 2.20. The van der Waals surface area contributed by atoms with Gasteiger partial charge in [-0.15, -0.1) is 0 Å². The van der Waals surface area contributed by atoms with E-state index in [9.17, 15) is 4.39 Å². The van der Waals surface area contributed by atoms with Gasteiger partial charge in [-0.2, -0.15) is 0 Å². The molecule has 4 heteroatoms. The first-order valence-corrected chi connectivity index (χ1v) is 5.69. The van der Waals surface area contributed by atoms with Gasteiger partial charge in [0.05, 0.1) is 5.52 Å². The Balaban J connectivity index is 2.68. The Hall–Kier alpha value is -1.39. The smallest absolute Gasteiger partial charge is 0.147 e. The molecule has 1 aromatic heterocycles. The van der Waals surface area contributed by atoms with Crippen molar-refractivity contribution in [2.45, 2.75) is 13.0 Å². The Morgan fingerprint density at radius 1 is 1.41 bits per heavy atom. The molecule has 0 fully saturated rings. The molecule has 0 radical (unpaired) electrons. The molecule has 1 aromatic carbocycles. The summed E-state index contributed by atoms with van der Waals surface area (Å²) in [6.07, 6.45) is 0. The minimum Gasteiger partial charge on any atom is -0.356 e. The number of aromatic nitrogens is 1. The lowest BCUT2D eigenvalue weighted by molar-refractivity contribution is 0.307. The number of aromatic amines is 1. The van der Waals surface area contributed by atoms with Crippen molar-refractivity contribution in [3.05, 3.63) is 35.3 Å². The summed E-state index contributed by atoms with van der Waals surface area (Å²) in [5.74, 6) is -0.216. The Morgan fingerprint density at radius 2 is 2.12 bits per heavy atom. The van der Waals surface area contributed by atoms with Crippen molar-refractivity contribution in [2.75, 3.05) is 20.6 Å². The molecule has 0 saturated heterocycles. The fourth-order valence-electron chi connectivity index (χ4n) is 2.35. The predicted octanol–water partition coefficient (Wildman–Crippen LogP) is 2.18. The van der Waals surface area contributed by atoms with Gasteiger partial charge in [0.25, 0.3) is 0 Å². The van der Waals surface area contributed by atoms with Gasteiger partial charge in [-0.1, -0.05) is 12.1 Å². The maximum Gasteiger partial charge on any atom is 0.147 e. The molecule has 92 valence electrons. The number of rotatable bonds is 3. The molecule has 3 N–H and O–H groups in total. The van der Waals surface area contributed by atoms with Crippen LogP contribution in [0.1, 0.15) is 17.3 Å². The Kier molecular flexibility index (Phi) is 3.17. The highest BCUT2D eigenvalue weighted by molar-refractivity contribution is 5.85. The first-order chi connectivity index (χ1) is 8.06. The summed E-state index contributed by atoms with van der Waals surface area (Å²) in [5.41, 5.74) is 8.45. The van der Waals surface area contributed by atoms with Gasteiger partial charge in [0, 0.05) is 23.7 Å². The zero-order valence-electron chi connectivity index (χ0n) is 10.4. The van der Waals surface area contributed by atoms with Crippen LogP contribution < -0.4 is 5.73 Å². The summed E-state index contributed by atoms with van der Waals surface area (Å²) in [6.45, 7) is 2.47. The number of halogens is 1. The molecule has 1 atom stereocenters. The molecule has 0 bridgehead atoms. The average molecular weight is 235 g/mol. The van der Waals surface area contributed by atoms with Gasteiger partial charge in [0.2, 0.25) is 0 Å². The van der Waals surface area contributed by atoms with Crippen molar-refractivity contribution in [3.8, 4) is 0 Å². The maximum atomic E-state index is 13.7. The lowest BCUT2D eigenvalue weighted by Gasteiger charge is -2.23. The Morgan fingerprint density at radius 3 is 2.71 bits per heavy atom. The normalized spacial score (nSPS) is 13.5. The second-order valence-corrected chi connectivity index (χ2v) is 4.54. The van der Waals surface area contributed by atoms with Gasteiger partial charge >= 0.3 is 0 Å². The SMILES string of the molecule is Cc1[nH]c2c(F)cccc2c1C(CN)N(C)C. The molecule has 1 unspecified atom stereocenters. The second-order valence-electron chi connectivity index (χ2n) is 4.54. The van der Waals surface area contributed by atoms with E-state index in [0.717, 1.165) is 16.6 Å². The zero-order chi connectivity index (χ0) is 12.6. The largest absolute Gasteiger partial charge is 0.356 e. The summed E-state index contributed by atoms with van der Waals surface area (Å²) in [6, 6.07) is 5.24. The fraction of sp³-hybridized carbons (Fsp3) is 0.385. The van der Waals surface area contributed by atoms with Gasteiger partial charge in [0.15, 0.2) is 0 Å². The van der Waals surface area contributed by atoms with Crippen LogP contribution in [-0.2, 0) is 0 Å². The van der Waals surface area contributed by atoms with Crippen LogP contribution in [0.2, 0.25) is 0 Å². The van der Waals surface area contributed by atoms with Crippen molar-refractivity contribution >= 4 is 10.9 Å². The monoisotopic (exact) mass is 235 g/mol. The number of aryl methyl sites for hydroxylation is 1. The van der Waals surface area contributed by atoms with E-state index in [0.29, 0.717) is 12.1 Å². The number of H-pyrrole nitrogens is 1. The molecular formula is C13H18FN3. The summed E-state index contributed by atoms with van der Waals surface area (Å²) < 4.78 is 13.7. The average Bonchev–Trinajstić information content (AvgIpc) is 2.59. The van der Waals surface area contributed by atoms with Gasteiger partial charge in [-0.05, 0) is 32.6 Å². The summed E-state index contributed by atoms with van der Waals surface area (Å²) >= 11 is 0. The lowest BCUT2D eigenvalue weighted by atomic mass is 10.0. The third-order valence-corrected chi connectivity index (χ3v) is 3.20. The van der Waals surface area contributed by atoms with E-state index in [4.69, 9.17) is 5.73 Å². The van der Waals surface area contributed by atoms with E-state index < -0.39 is 0 Å². The maximum absolute atomic E-state index is 13.7. The number of nitrogens with two attached hydrogens (primary N) is 1. The molecule has 0 aliphatic heterocycles. The Bertz CT molecular complexity index is 531. The number of likely N-dealkylation sites (N-methyl/N-ethyl adjacent to an activating group) is 1. The minimum atomic E-state index is -0.216. The zero-order valence-corrected chi connectivity index (χ0v) is 10.4.